The van der Waals surface area contributed by atoms with Gasteiger partial charge in [0.25, 0.3) is 0 Å². The summed E-state index contributed by atoms with van der Waals surface area (Å²) in [7, 11) is 3.69. The molecular formula is C35H51N3O3. The van der Waals surface area contributed by atoms with E-state index in [1.807, 2.05) is 38.1 Å². The lowest BCUT2D eigenvalue weighted by Crippen LogP contribution is -2.18. The summed E-state index contributed by atoms with van der Waals surface area (Å²) < 4.78 is 6.99. The van der Waals surface area contributed by atoms with Gasteiger partial charge in [0, 0.05) is 37.7 Å². The molecule has 6 heteroatoms. The summed E-state index contributed by atoms with van der Waals surface area (Å²) in [6, 6.07) is 16.0. The van der Waals surface area contributed by atoms with Crippen molar-refractivity contribution in [1.82, 2.24) is 9.78 Å². The molecule has 0 bridgehead atoms. The van der Waals surface area contributed by atoms with Crippen molar-refractivity contribution < 1.29 is 14.3 Å². The lowest BCUT2D eigenvalue weighted by Gasteiger charge is -2.18. The third kappa shape index (κ3) is 11.4. The van der Waals surface area contributed by atoms with Crippen LogP contribution in [-0.4, -0.2) is 42.6 Å². The van der Waals surface area contributed by atoms with E-state index in [1.165, 1.54) is 17.7 Å². The molecule has 3 rings (SSSR count). The number of methoxy groups -OCH3 is 1. The first-order valence-electron chi connectivity index (χ1n) is 14.9. The molecule has 1 aromatic heterocycles. The highest BCUT2D eigenvalue weighted by molar-refractivity contribution is 5.97. The van der Waals surface area contributed by atoms with E-state index >= 15 is 0 Å². The summed E-state index contributed by atoms with van der Waals surface area (Å²) in [5.74, 6) is 0.915. The van der Waals surface area contributed by atoms with Crippen LogP contribution in [-0.2, 0) is 11.2 Å². The molecule has 0 spiro atoms. The number of unbranched alkanes of at least 4 members (excludes halogenated alkanes) is 1. The third-order valence-corrected chi connectivity index (χ3v) is 6.24. The van der Waals surface area contributed by atoms with Gasteiger partial charge in [0.2, 0.25) is 0 Å². The van der Waals surface area contributed by atoms with E-state index in [4.69, 9.17) is 9.84 Å². The van der Waals surface area contributed by atoms with Crippen molar-refractivity contribution in [1.29, 1.82) is 0 Å². The van der Waals surface area contributed by atoms with Gasteiger partial charge in [-0.1, -0.05) is 64.8 Å². The molecule has 0 amide bonds. The van der Waals surface area contributed by atoms with Crippen molar-refractivity contribution in [2.75, 3.05) is 25.6 Å². The Bertz CT molecular complexity index is 1190. The molecule has 0 saturated heterocycles. The van der Waals surface area contributed by atoms with Crippen molar-refractivity contribution >= 4 is 23.3 Å². The molecule has 0 atom stereocenters. The molecule has 1 heterocycles. The molecule has 3 aromatic rings. The van der Waals surface area contributed by atoms with Crippen molar-refractivity contribution in [3.63, 3.8) is 0 Å². The number of aromatic nitrogens is 2. The monoisotopic (exact) mass is 561 g/mol. The standard InChI is InChI=1S/C20H26N2O2.C12H17NO.C3H8/c1-6-8-17-19(14(3)4)21-22(20(17)18(23)9-7-2)15-10-12-16(24-5)13-11-15;1-11-5-7-12(8-6-11)13(2)9-3-4-10-14;1-3-2/h10-13H,3,6-9H2,1-2,4-5H3;5-8,10H,3-4,9H2,1-2H3;3H2,1-2H3. The first-order chi connectivity index (χ1) is 19.7. The maximum absolute atomic E-state index is 12.8. The minimum atomic E-state index is 0.136. The number of benzene rings is 2. The largest absolute Gasteiger partial charge is 0.497 e. The van der Waals surface area contributed by atoms with Crippen molar-refractivity contribution in [2.45, 2.75) is 86.5 Å². The normalized spacial score (nSPS) is 10.0. The lowest BCUT2D eigenvalue weighted by atomic mass is 10.00. The fraction of sp³-hybridized carbons (Fsp3) is 0.457. The number of aryl methyl sites for hydroxylation is 1. The predicted octanol–water partition coefficient (Wildman–Crippen LogP) is 8.68. The minimum absolute atomic E-state index is 0.136. The van der Waals surface area contributed by atoms with Crippen LogP contribution in [0, 0.1) is 6.92 Å². The minimum Gasteiger partial charge on any atom is -0.497 e. The number of ketones is 1. The van der Waals surface area contributed by atoms with E-state index in [-0.39, 0.29) is 5.78 Å². The highest BCUT2D eigenvalue weighted by Crippen LogP contribution is 2.27. The molecule has 2 aromatic carbocycles. The van der Waals surface area contributed by atoms with E-state index in [1.54, 1.807) is 11.8 Å². The van der Waals surface area contributed by atoms with Gasteiger partial charge in [0.15, 0.2) is 5.78 Å². The van der Waals surface area contributed by atoms with Crippen LogP contribution in [0.2, 0.25) is 0 Å². The van der Waals surface area contributed by atoms with Crippen LogP contribution in [0.5, 0.6) is 5.75 Å². The molecule has 0 aliphatic rings. The number of allylic oxidation sites excluding steroid dienone is 1. The van der Waals surface area contributed by atoms with E-state index in [2.05, 4.69) is 70.5 Å². The van der Waals surface area contributed by atoms with Crippen molar-refractivity contribution in [3.05, 3.63) is 77.6 Å². The third-order valence-electron chi connectivity index (χ3n) is 6.24. The van der Waals surface area contributed by atoms with Gasteiger partial charge in [-0.2, -0.15) is 5.10 Å². The second-order valence-electron chi connectivity index (χ2n) is 10.3. The van der Waals surface area contributed by atoms with Crippen molar-refractivity contribution in [2.24, 2.45) is 0 Å². The summed E-state index contributed by atoms with van der Waals surface area (Å²) in [6.07, 6.45) is 6.92. The second-order valence-corrected chi connectivity index (χ2v) is 10.3. The Hall–Kier alpha value is -3.67. The van der Waals surface area contributed by atoms with Crippen LogP contribution in [0.25, 0.3) is 11.3 Å². The smallest absolute Gasteiger partial charge is 0.181 e. The number of carbonyl (C=O) groups is 2. The van der Waals surface area contributed by atoms with E-state index in [0.717, 1.165) is 66.8 Å². The maximum atomic E-state index is 12.8. The summed E-state index contributed by atoms with van der Waals surface area (Å²) >= 11 is 0. The van der Waals surface area contributed by atoms with Crippen LogP contribution < -0.4 is 9.64 Å². The number of anilines is 1. The van der Waals surface area contributed by atoms with Gasteiger partial charge in [0.05, 0.1) is 18.5 Å². The molecule has 0 aliphatic carbocycles. The molecule has 0 radical (unpaired) electrons. The Morgan fingerprint density at radius 1 is 1.02 bits per heavy atom. The quantitative estimate of drug-likeness (QED) is 0.119. The fourth-order valence-electron chi connectivity index (χ4n) is 4.16. The van der Waals surface area contributed by atoms with Gasteiger partial charge in [0.1, 0.15) is 17.7 Å². The molecule has 0 N–H and O–H groups in total. The molecule has 0 aliphatic heterocycles. The zero-order valence-electron chi connectivity index (χ0n) is 26.6. The van der Waals surface area contributed by atoms with Crippen LogP contribution >= 0.6 is 0 Å². The number of Topliss-reactive ketones (excluding diaryl/α,β-unsaturated/α-hetero) is 1. The molecular weight excluding hydrogens is 510 g/mol. The Morgan fingerprint density at radius 3 is 2.12 bits per heavy atom. The maximum Gasteiger partial charge on any atom is 0.181 e. The second kappa shape index (κ2) is 19.4. The molecule has 224 valence electrons. The van der Waals surface area contributed by atoms with Crippen LogP contribution in [0.4, 0.5) is 5.69 Å². The zero-order chi connectivity index (χ0) is 30.8. The summed E-state index contributed by atoms with van der Waals surface area (Å²) in [4.78, 5) is 25.1. The highest BCUT2D eigenvalue weighted by Gasteiger charge is 2.23. The first-order valence-corrected chi connectivity index (χ1v) is 14.9. The summed E-state index contributed by atoms with van der Waals surface area (Å²) in [5.41, 5.74) is 6.78. The number of ether oxygens (including phenoxy) is 1. The summed E-state index contributed by atoms with van der Waals surface area (Å²) in [6.45, 7) is 17.4. The van der Waals surface area contributed by atoms with Crippen LogP contribution in [0.1, 0.15) is 100 Å². The SMILES string of the molecule is C=C(C)c1nn(-c2ccc(OC)cc2)c(C(=O)CCC)c1CCC.CCC.Cc1ccc(N(C)CCCC=O)cc1. The number of carbonyl (C=O) groups excluding carboxylic acids is 2. The molecule has 41 heavy (non-hydrogen) atoms. The predicted molar refractivity (Wildman–Crippen MR) is 174 cm³/mol. The molecule has 6 nitrogen and oxygen atoms in total. The number of rotatable bonds is 13. The van der Waals surface area contributed by atoms with E-state index < -0.39 is 0 Å². The van der Waals surface area contributed by atoms with E-state index in [0.29, 0.717) is 18.5 Å². The number of hydrogen-bond acceptors (Lipinski definition) is 5. The number of hydrogen-bond donors (Lipinski definition) is 0. The number of nitrogens with zero attached hydrogens (tertiary/aromatic N) is 3. The first kappa shape index (κ1) is 35.4. The van der Waals surface area contributed by atoms with E-state index in [9.17, 15) is 9.59 Å². The Balaban J connectivity index is 0.000000419. The van der Waals surface area contributed by atoms with Gasteiger partial charge in [-0.25, -0.2) is 4.68 Å². The van der Waals surface area contributed by atoms with Crippen LogP contribution in [0.3, 0.4) is 0 Å². The lowest BCUT2D eigenvalue weighted by molar-refractivity contribution is -0.107. The van der Waals surface area contributed by atoms with Gasteiger partial charge < -0.3 is 14.4 Å². The van der Waals surface area contributed by atoms with Crippen molar-refractivity contribution in [3.8, 4) is 11.4 Å². The highest BCUT2D eigenvalue weighted by atomic mass is 16.5. The van der Waals surface area contributed by atoms with Gasteiger partial charge >= 0.3 is 0 Å². The summed E-state index contributed by atoms with van der Waals surface area (Å²) in [5, 5.41) is 4.71. The molecule has 0 unspecified atom stereocenters. The van der Waals surface area contributed by atoms with Crippen LogP contribution in [0.15, 0.2) is 55.1 Å². The topological polar surface area (TPSA) is 64.4 Å². The molecule has 0 saturated carbocycles. The Morgan fingerprint density at radius 2 is 1.63 bits per heavy atom. The molecule has 0 fully saturated rings. The van der Waals surface area contributed by atoms with Gasteiger partial charge in [-0.15, -0.1) is 0 Å². The Labute approximate surface area is 248 Å². The van der Waals surface area contributed by atoms with Gasteiger partial charge in [-0.05, 0) is 75.1 Å². The average molecular weight is 562 g/mol. The zero-order valence-corrected chi connectivity index (χ0v) is 26.6. The fourth-order valence-corrected chi connectivity index (χ4v) is 4.16. The average Bonchev–Trinajstić information content (AvgIpc) is 3.34. The van der Waals surface area contributed by atoms with Gasteiger partial charge in [-0.3, -0.25) is 4.79 Å². The Kier molecular flexibility index (Phi) is 16.7. The number of aldehydes is 1.